The molecule has 2 rings (SSSR count). The molecular formula is C14H19N3O2S. The van der Waals surface area contributed by atoms with Crippen molar-refractivity contribution >= 4 is 17.0 Å². The van der Waals surface area contributed by atoms with Gasteiger partial charge in [0.15, 0.2) is 0 Å². The van der Waals surface area contributed by atoms with E-state index in [0.29, 0.717) is 17.8 Å². The molecule has 0 aliphatic rings. The number of nitrogens with two attached hydrogens (primary N) is 1. The Balaban J connectivity index is 2.63. The van der Waals surface area contributed by atoms with Crippen molar-refractivity contribution in [2.45, 2.75) is 39.3 Å². The van der Waals surface area contributed by atoms with Crippen molar-refractivity contribution in [1.82, 2.24) is 9.78 Å². The van der Waals surface area contributed by atoms with Gasteiger partial charge < -0.3 is 10.8 Å². The lowest BCUT2D eigenvalue weighted by Crippen LogP contribution is -2.28. The summed E-state index contributed by atoms with van der Waals surface area (Å²) in [5.74, 6) is 0. The van der Waals surface area contributed by atoms with Gasteiger partial charge in [-0.05, 0) is 24.8 Å². The molecule has 3 N–H and O–H groups in total. The normalized spacial score (nSPS) is 12.6. The number of thiophene rings is 1. The first-order valence-electron chi connectivity index (χ1n) is 6.68. The van der Waals surface area contributed by atoms with Crippen LogP contribution in [-0.4, -0.2) is 14.9 Å². The van der Waals surface area contributed by atoms with Crippen molar-refractivity contribution in [2.75, 3.05) is 5.73 Å². The molecule has 0 aliphatic carbocycles. The summed E-state index contributed by atoms with van der Waals surface area (Å²) in [4.78, 5) is 13.1. The monoisotopic (exact) mass is 293 g/mol. The summed E-state index contributed by atoms with van der Waals surface area (Å²) < 4.78 is 1.40. The van der Waals surface area contributed by atoms with E-state index in [0.717, 1.165) is 17.7 Å². The van der Waals surface area contributed by atoms with Gasteiger partial charge in [0.2, 0.25) is 0 Å². The number of aliphatic hydroxyl groups excluding tert-OH is 1. The summed E-state index contributed by atoms with van der Waals surface area (Å²) in [6.07, 6.45) is 1.01. The summed E-state index contributed by atoms with van der Waals surface area (Å²) in [7, 11) is 0. The van der Waals surface area contributed by atoms with E-state index < -0.39 is 6.10 Å². The summed E-state index contributed by atoms with van der Waals surface area (Å²) in [6.45, 7) is 4.19. The average molecular weight is 293 g/mol. The number of aryl methyl sites for hydroxylation is 1. The third kappa shape index (κ3) is 2.76. The van der Waals surface area contributed by atoms with E-state index in [1.807, 2.05) is 17.5 Å². The van der Waals surface area contributed by atoms with Crippen molar-refractivity contribution in [2.24, 2.45) is 0 Å². The van der Waals surface area contributed by atoms with Gasteiger partial charge in [-0.25, -0.2) is 4.68 Å². The maximum Gasteiger partial charge on any atom is 0.290 e. The Hall–Kier alpha value is -1.66. The molecule has 0 aliphatic heterocycles. The molecule has 2 heterocycles. The average Bonchev–Trinajstić information content (AvgIpc) is 2.93. The molecule has 0 fully saturated rings. The Morgan fingerprint density at radius 2 is 2.30 bits per heavy atom. The predicted molar refractivity (Wildman–Crippen MR) is 81.8 cm³/mol. The molecule has 6 heteroatoms. The van der Waals surface area contributed by atoms with E-state index >= 15 is 0 Å². The van der Waals surface area contributed by atoms with Crippen LogP contribution in [0.1, 0.15) is 38.4 Å². The third-order valence-corrected chi connectivity index (χ3v) is 4.00. The van der Waals surface area contributed by atoms with E-state index in [4.69, 9.17) is 5.73 Å². The number of aromatic nitrogens is 2. The van der Waals surface area contributed by atoms with E-state index in [1.165, 1.54) is 16.0 Å². The van der Waals surface area contributed by atoms with Crippen LogP contribution in [0.2, 0.25) is 0 Å². The summed E-state index contributed by atoms with van der Waals surface area (Å²) in [6, 6.07) is 3.82. The molecule has 20 heavy (non-hydrogen) atoms. The van der Waals surface area contributed by atoms with Crippen LogP contribution in [-0.2, 0) is 6.54 Å². The number of aliphatic hydroxyl groups is 1. The summed E-state index contributed by atoms with van der Waals surface area (Å²) in [5.41, 5.74) is 6.72. The van der Waals surface area contributed by atoms with Gasteiger partial charge in [-0.15, -0.1) is 11.3 Å². The second kappa shape index (κ2) is 6.19. The van der Waals surface area contributed by atoms with Crippen molar-refractivity contribution in [3.8, 4) is 10.6 Å². The van der Waals surface area contributed by atoms with Gasteiger partial charge in [0.1, 0.15) is 11.4 Å². The van der Waals surface area contributed by atoms with Crippen molar-refractivity contribution < 1.29 is 5.11 Å². The molecule has 1 unspecified atom stereocenters. The Morgan fingerprint density at radius 1 is 1.55 bits per heavy atom. The highest BCUT2D eigenvalue weighted by Gasteiger charge is 2.20. The summed E-state index contributed by atoms with van der Waals surface area (Å²) in [5, 5.41) is 16.3. The largest absolute Gasteiger partial charge is 0.394 e. The zero-order valence-corrected chi connectivity index (χ0v) is 12.5. The number of unbranched alkanes of at least 4 members (excludes halogenated alkanes) is 1. The highest BCUT2D eigenvalue weighted by atomic mass is 32.1. The number of hydrogen-bond donors (Lipinski definition) is 2. The zero-order valence-electron chi connectivity index (χ0n) is 11.7. The standard InChI is InChI=1S/C14H19N3O2S/c1-3-4-7-17-14(19)12(15)11(9(2)18)13(16-17)10-6-5-8-20-10/h5-6,8-9,18H,3-4,7,15H2,1-2H3. The number of nitrogen functional groups attached to an aromatic ring is 1. The van der Waals surface area contributed by atoms with Crippen molar-refractivity contribution in [3.63, 3.8) is 0 Å². The Kier molecular flexibility index (Phi) is 4.57. The Morgan fingerprint density at radius 3 is 2.85 bits per heavy atom. The van der Waals surface area contributed by atoms with Crippen LogP contribution in [0, 0.1) is 0 Å². The minimum absolute atomic E-state index is 0.0921. The van der Waals surface area contributed by atoms with Crippen LogP contribution >= 0.6 is 11.3 Å². The van der Waals surface area contributed by atoms with Gasteiger partial charge in [-0.3, -0.25) is 4.79 Å². The van der Waals surface area contributed by atoms with Gasteiger partial charge in [0.25, 0.3) is 5.56 Å². The number of anilines is 1. The number of nitrogens with zero attached hydrogens (tertiary/aromatic N) is 2. The van der Waals surface area contributed by atoms with E-state index in [9.17, 15) is 9.90 Å². The minimum atomic E-state index is -0.826. The van der Waals surface area contributed by atoms with Crippen molar-refractivity contribution in [1.29, 1.82) is 0 Å². The van der Waals surface area contributed by atoms with Crippen molar-refractivity contribution in [3.05, 3.63) is 33.4 Å². The molecule has 0 aromatic carbocycles. The van der Waals surface area contributed by atoms with E-state index in [-0.39, 0.29) is 11.2 Å². The Labute approximate surface area is 121 Å². The molecule has 5 nitrogen and oxygen atoms in total. The van der Waals surface area contributed by atoms with Gasteiger partial charge in [0, 0.05) is 12.1 Å². The molecule has 1 atom stereocenters. The van der Waals surface area contributed by atoms with Crippen LogP contribution in [0.4, 0.5) is 5.69 Å². The van der Waals surface area contributed by atoms with Gasteiger partial charge >= 0.3 is 0 Å². The summed E-state index contributed by atoms with van der Waals surface area (Å²) >= 11 is 1.51. The third-order valence-electron chi connectivity index (χ3n) is 3.13. The Bertz CT molecular complexity index is 633. The molecule has 108 valence electrons. The first kappa shape index (κ1) is 14.7. The maximum atomic E-state index is 12.2. The van der Waals surface area contributed by atoms with E-state index in [2.05, 4.69) is 12.0 Å². The van der Waals surface area contributed by atoms with Crippen LogP contribution in [0.5, 0.6) is 0 Å². The lowest BCUT2D eigenvalue weighted by atomic mass is 10.1. The topological polar surface area (TPSA) is 81.1 Å². The number of hydrogen-bond acceptors (Lipinski definition) is 5. The smallest absolute Gasteiger partial charge is 0.290 e. The second-order valence-corrected chi connectivity index (χ2v) is 5.66. The fourth-order valence-electron chi connectivity index (χ4n) is 2.08. The minimum Gasteiger partial charge on any atom is -0.394 e. The molecule has 0 spiro atoms. The first-order valence-corrected chi connectivity index (χ1v) is 7.56. The van der Waals surface area contributed by atoms with Gasteiger partial charge in [-0.1, -0.05) is 19.4 Å². The molecule has 0 saturated carbocycles. The maximum absolute atomic E-state index is 12.2. The van der Waals surface area contributed by atoms with Gasteiger partial charge in [0.05, 0.1) is 11.0 Å². The molecule has 0 radical (unpaired) electrons. The molecule has 0 amide bonds. The molecule has 0 bridgehead atoms. The molecule has 2 aromatic heterocycles. The van der Waals surface area contributed by atoms with Crippen LogP contribution < -0.4 is 11.3 Å². The van der Waals surface area contributed by atoms with Crippen LogP contribution in [0.15, 0.2) is 22.3 Å². The first-order chi connectivity index (χ1) is 9.56. The second-order valence-electron chi connectivity index (χ2n) is 4.71. The lowest BCUT2D eigenvalue weighted by molar-refractivity contribution is 0.199. The number of rotatable bonds is 5. The predicted octanol–water partition coefficient (Wildman–Crippen LogP) is 2.41. The highest BCUT2D eigenvalue weighted by Crippen LogP contribution is 2.31. The molecule has 0 saturated heterocycles. The molecular weight excluding hydrogens is 274 g/mol. The molecule has 2 aromatic rings. The quantitative estimate of drug-likeness (QED) is 0.887. The SMILES string of the molecule is CCCCn1nc(-c2cccs2)c(C(C)O)c(N)c1=O. The van der Waals surface area contributed by atoms with Crippen LogP contribution in [0.25, 0.3) is 10.6 Å². The lowest BCUT2D eigenvalue weighted by Gasteiger charge is -2.15. The zero-order chi connectivity index (χ0) is 14.7. The fraction of sp³-hybridized carbons (Fsp3) is 0.429. The highest BCUT2D eigenvalue weighted by molar-refractivity contribution is 7.13. The van der Waals surface area contributed by atoms with Gasteiger partial charge in [-0.2, -0.15) is 5.10 Å². The van der Waals surface area contributed by atoms with E-state index in [1.54, 1.807) is 6.92 Å². The van der Waals surface area contributed by atoms with Crippen LogP contribution in [0.3, 0.4) is 0 Å². The fourth-order valence-corrected chi connectivity index (χ4v) is 2.80.